The van der Waals surface area contributed by atoms with Crippen LogP contribution in [-0.2, 0) is 11.0 Å². The van der Waals surface area contributed by atoms with Crippen molar-refractivity contribution >= 4 is 54.9 Å². The molecule has 3 aromatic carbocycles. The topological polar surface area (TPSA) is 103 Å². The Morgan fingerprint density at radius 2 is 1.85 bits per heavy atom. The van der Waals surface area contributed by atoms with Crippen LogP contribution in [0.15, 0.2) is 73.4 Å². The third-order valence-electron chi connectivity index (χ3n) is 5.31. The summed E-state index contributed by atoms with van der Waals surface area (Å²) in [6, 6.07) is 12.4. The molecule has 0 saturated carbocycles. The number of hydrogen-bond acceptors (Lipinski definition) is 6. The van der Waals surface area contributed by atoms with Crippen LogP contribution in [0, 0.1) is 0 Å². The molecule has 0 saturated heterocycles. The number of aromatic nitrogens is 2. The van der Waals surface area contributed by atoms with Crippen molar-refractivity contribution in [2.24, 2.45) is 5.10 Å². The van der Waals surface area contributed by atoms with Gasteiger partial charge in [0.05, 0.1) is 33.8 Å². The summed E-state index contributed by atoms with van der Waals surface area (Å²) in [6.07, 6.45) is -3.30. The highest BCUT2D eigenvalue weighted by Gasteiger charge is 2.31. The van der Waals surface area contributed by atoms with Gasteiger partial charge in [-0.05, 0) is 69.1 Å². The molecule has 0 amide bonds. The van der Waals surface area contributed by atoms with Crippen LogP contribution < -0.4 is 15.0 Å². The fraction of sp³-hybridized carbons (Fsp3) is 0.154. The lowest BCUT2D eigenvalue weighted by Crippen LogP contribution is -2.20. The fourth-order valence-corrected chi connectivity index (χ4v) is 4.54. The van der Waals surface area contributed by atoms with Crippen molar-refractivity contribution in [2.45, 2.75) is 13.1 Å². The molecular formula is C26H18Br2F3N3O5. The molecule has 0 atom stereocenters. The van der Waals surface area contributed by atoms with E-state index in [-0.39, 0.29) is 34.9 Å². The number of alkyl halides is 3. The Morgan fingerprint density at radius 3 is 2.54 bits per heavy atom. The van der Waals surface area contributed by atoms with E-state index in [2.05, 4.69) is 41.9 Å². The standard InChI is InChI=1S/C26H18Br2F3N3O5/c1-2-38-19-11-15(21(27)22(28)23(19)39-13-20(35)36)12-32-34-24(14-6-5-7-16(10-14)26(29,30)31)33-18-9-4-3-8-17(18)25(34)37/h3-12H,2,13H2,1H3,(H,35,36). The van der Waals surface area contributed by atoms with Gasteiger partial charge in [0.2, 0.25) is 0 Å². The van der Waals surface area contributed by atoms with Crippen molar-refractivity contribution in [3.8, 4) is 22.9 Å². The highest BCUT2D eigenvalue weighted by molar-refractivity contribution is 9.13. The highest BCUT2D eigenvalue weighted by atomic mass is 79.9. The van der Waals surface area contributed by atoms with Gasteiger partial charge in [-0.1, -0.05) is 24.3 Å². The molecule has 202 valence electrons. The van der Waals surface area contributed by atoms with E-state index in [1.165, 1.54) is 24.4 Å². The van der Waals surface area contributed by atoms with Gasteiger partial charge in [-0.3, -0.25) is 4.79 Å². The molecule has 4 rings (SSSR count). The molecule has 13 heteroatoms. The van der Waals surface area contributed by atoms with Crippen LogP contribution in [0.5, 0.6) is 11.5 Å². The lowest BCUT2D eigenvalue weighted by molar-refractivity contribution is -0.139. The van der Waals surface area contributed by atoms with Crippen LogP contribution in [0.25, 0.3) is 22.3 Å². The molecule has 39 heavy (non-hydrogen) atoms. The summed E-state index contributed by atoms with van der Waals surface area (Å²) in [5, 5.41) is 13.5. The van der Waals surface area contributed by atoms with Gasteiger partial charge in [-0.25, -0.2) is 9.78 Å². The number of nitrogens with zero attached hydrogens (tertiary/aromatic N) is 3. The van der Waals surface area contributed by atoms with Crippen molar-refractivity contribution in [3.05, 3.63) is 85.0 Å². The molecule has 4 aromatic rings. The zero-order valence-electron chi connectivity index (χ0n) is 20.0. The quantitative estimate of drug-likeness (QED) is 0.220. The minimum Gasteiger partial charge on any atom is -0.490 e. The number of hydrogen-bond donors (Lipinski definition) is 1. The molecular weight excluding hydrogens is 651 g/mol. The molecule has 8 nitrogen and oxygen atoms in total. The van der Waals surface area contributed by atoms with Gasteiger partial charge in [0, 0.05) is 15.6 Å². The van der Waals surface area contributed by atoms with Crippen LogP contribution >= 0.6 is 31.9 Å². The van der Waals surface area contributed by atoms with E-state index in [0.717, 1.165) is 16.8 Å². The molecule has 0 aliphatic rings. The number of fused-ring (bicyclic) bond motifs is 1. The molecule has 1 N–H and O–H groups in total. The molecule has 1 heterocycles. The Balaban J connectivity index is 1.89. The molecule has 0 radical (unpaired) electrons. The third-order valence-corrected chi connectivity index (χ3v) is 7.45. The third kappa shape index (κ3) is 6.14. The number of carboxylic acid groups (broad SMARTS) is 1. The van der Waals surface area contributed by atoms with E-state index in [1.54, 1.807) is 31.2 Å². The van der Waals surface area contributed by atoms with Crippen LogP contribution in [0.1, 0.15) is 18.1 Å². The number of ether oxygens (including phenoxy) is 2. The highest BCUT2D eigenvalue weighted by Crippen LogP contribution is 2.42. The van der Waals surface area contributed by atoms with Gasteiger partial charge in [0.1, 0.15) is 0 Å². The van der Waals surface area contributed by atoms with Gasteiger partial charge in [0.15, 0.2) is 23.9 Å². The van der Waals surface area contributed by atoms with E-state index in [9.17, 15) is 22.8 Å². The Labute approximate surface area is 236 Å². The van der Waals surface area contributed by atoms with Gasteiger partial charge >= 0.3 is 12.1 Å². The Kier molecular flexibility index (Phi) is 8.40. The summed E-state index contributed by atoms with van der Waals surface area (Å²) >= 11 is 6.76. The number of carbonyl (C=O) groups is 1. The number of carboxylic acids is 1. The Morgan fingerprint density at radius 1 is 1.10 bits per heavy atom. The van der Waals surface area contributed by atoms with E-state index in [4.69, 9.17) is 14.6 Å². The van der Waals surface area contributed by atoms with E-state index >= 15 is 0 Å². The first-order chi connectivity index (χ1) is 18.5. The Hall–Kier alpha value is -3.71. The van der Waals surface area contributed by atoms with E-state index in [0.29, 0.717) is 20.0 Å². The first-order valence-corrected chi connectivity index (χ1v) is 12.8. The van der Waals surface area contributed by atoms with Crippen LogP contribution in [-0.4, -0.2) is 40.2 Å². The first kappa shape index (κ1) is 28.3. The average Bonchev–Trinajstić information content (AvgIpc) is 2.90. The summed E-state index contributed by atoms with van der Waals surface area (Å²) in [5.41, 5.74) is -0.766. The number of para-hydroxylation sites is 1. The van der Waals surface area contributed by atoms with Crippen molar-refractivity contribution in [2.75, 3.05) is 13.2 Å². The average molecular weight is 669 g/mol. The summed E-state index contributed by atoms with van der Waals surface area (Å²) in [4.78, 5) is 28.9. The molecule has 0 aliphatic carbocycles. The maximum Gasteiger partial charge on any atom is 0.416 e. The maximum atomic E-state index is 13.4. The first-order valence-electron chi connectivity index (χ1n) is 11.2. The summed E-state index contributed by atoms with van der Waals surface area (Å²) < 4.78 is 52.9. The van der Waals surface area contributed by atoms with Crippen molar-refractivity contribution in [1.82, 2.24) is 9.66 Å². The van der Waals surface area contributed by atoms with Gasteiger partial charge < -0.3 is 14.6 Å². The fourth-order valence-electron chi connectivity index (χ4n) is 3.60. The minimum absolute atomic E-state index is 0.0394. The molecule has 0 spiro atoms. The molecule has 1 aromatic heterocycles. The second-order valence-corrected chi connectivity index (χ2v) is 9.52. The number of rotatable bonds is 8. The van der Waals surface area contributed by atoms with E-state index < -0.39 is 29.9 Å². The molecule has 0 bridgehead atoms. The lowest BCUT2D eigenvalue weighted by Gasteiger charge is -2.15. The minimum atomic E-state index is -4.60. The monoisotopic (exact) mass is 667 g/mol. The predicted molar refractivity (Wildman–Crippen MR) is 146 cm³/mol. The zero-order valence-corrected chi connectivity index (χ0v) is 23.2. The molecule has 0 fully saturated rings. The largest absolute Gasteiger partial charge is 0.490 e. The van der Waals surface area contributed by atoms with Gasteiger partial charge in [-0.15, -0.1) is 0 Å². The lowest BCUT2D eigenvalue weighted by atomic mass is 10.1. The van der Waals surface area contributed by atoms with Crippen LogP contribution in [0.4, 0.5) is 13.2 Å². The van der Waals surface area contributed by atoms with Gasteiger partial charge in [-0.2, -0.15) is 22.9 Å². The molecule has 0 aliphatic heterocycles. The predicted octanol–water partition coefficient (Wildman–Crippen LogP) is 6.35. The maximum absolute atomic E-state index is 13.4. The van der Waals surface area contributed by atoms with Crippen molar-refractivity contribution in [3.63, 3.8) is 0 Å². The summed E-state index contributed by atoms with van der Waals surface area (Å²) in [6.45, 7) is 1.35. The van der Waals surface area contributed by atoms with Crippen molar-refractivity contribution in [1.29, 1.82) is 0 Å². The summed E-state index contributed by atoms with van der Waals surface area (Å²) in [5.74, 6) is -0.936. The Bertz CT molecular complexity index is 1650. The van der Waals surface area contributed by atoms with E-state index in [1.807, 2.05) is 0 Å². The zero-order chi connectivity index (χ0) is 28.3. The van der Waals surface area contributed by atoms with Gasteiger partial charge in [0.25, 0.3) is 5.56 Å². The second-order valence-electron chi connectivity index (χ2n) is 7.93. The van der Waals surface area contributed by atoms with Crippen LogP contribution in [0.3, 0.4) is 0 Å². The SMILES string of the molecule is CCOc1cc(C=Nn2c(-c3cccc(C(F)(F)F)c3)nc3ccccc3c2=O)c(Br)c(Br)c1OCC(=O)O. The number of halogens is 5. The smallest absolute Gasteiger partial charge is 0.416 e. The summed E-state index contributed by atoms with van der Waals surface area (Å²) in [7, 11) is 0. The number of aliphatic carboxylic acids is 1. The normalized spacial score (nSPS) is 11.7. The second kappa shape index (κ2) is 11.6. The van der Waals surface area contributed by atoms with Crippen molar-refractivity contribution < 1.29 is 32.5 Å². The molecule has 0 unspecified atom stereocenters. The number of benzene rings is 3. The van der Waals surface area contributed by atoms with Crippen LogP contribution in [0.2, 0.25) is 0 Å².